The molecule has 2 nitrogen and oxygen atoms in total. The number of pyridine rings is 1. The molecule has 0 bridgehead atoms. The summed E-state index contributed by atoms with van der Waals surface area (Å²) < 4.78 is 89.1. The first kappa shape index (κ1) is 15.0. The van der Waals surface area contributed by atoms with Gasteiger partial charge in [-0.25, -0.2) is 9.37 Å². The third-order valence-electron chi connectivity index (χ3n) is 1.67. The van der Waals surface area contributed by atoms with Crippen LogP contribution in [0.4, 0.5) is 30.7 Å². The molecule has 0 saturated heterocycles. The number of aromatic nitrogens is 1. The van der Waals surface area contributed by atoms with Crippen LogP contribution in [0.5, 0.6) is 5.88 Å². The minimum absolute atomic E-state index is 0.138. The second-order valence-electron chi connectivity index (χ2n) is 2.95. The molecule has 0 radical (unpaired) electrons. The Bertz CT molecular complexity index is 442. The lowest BCUT2D eigenvalue weighted by molar-refractivity contribution is -0.276. The van der Waals surface area contributed by atoms with Crippen LogP contribution in [0.25, 0.3) is 0 Å². The maximum Gasteiger partial charge on any atom is 0.574 e. The van der Waals surface area contributed by atoms with Crippen molar-refractivity contribution in [3.63, 3.8) is 0 Å². The maximum atomic E-state index is 13.2. The van der Waals surface area contributed by atoms with Crippen LogP contribution in [0.3, 0.4) is 0 Å². The van der Waals surface area contributed by atoms with Crippen LogP contribution in [-0.4, -0.2) is 11.3 Å². The van der Waals surface area contributed by atoms with E-state index in [1.54, 1.807) is 0 Å². The molecule has 1 aromatic heterocycles. The Morgan fingerprint density at radius 2 is 1.72 bits per heavy atom. The lowest BCUT2D eigenvalue weighted by Gasteiger charge is -2.14. The monoisotopic (exact) mass is 341 g/mol. The van der Waals surface area contributed by atoms with E-state index in [0.29, 0.717) is 0 Å². The van der Waals surface area contributed by atoms with Crippen LogP contribution in [0.15, 0.2) is 6.07 Å². The van der Waals surface area contributed by atoms with Gasteiger partial charge < -0.3 is 4.74 Å². The van der Waals surface area contributed by atoms with Gasteiger partial charge in [0.15, 0.2) is 5.69 Å². The fourth-order valence-electron chi connectivity index (χ4n) is 1.05. The van der Waals surface area contributed by atoms with Crippen LogP contribution in [0.1, 0.15) is 11.3 Å². The number of nitrogens with zero attached hydrogens (tertiary/aromatic N) is 1. The SMILES string of the molecule is Fc1cc(OC(F)(F)F)nc(C(F)(F)F)c1CBr. The molecule has 0 unspecified atom stereocenters. The Balaban J connectivity index is 3.31. The highest BCUT2D eigenvalue weighted by atomic mass is 79.9. The summed E-state index contributed by atoms with van der Waals surface area (Å²) in [7, 11) is 0. The number of hydrogen-bond donors (Lipinski definition) is 0. The molecule has 1 heterocycles. The lowest BCUT2D eigenvalue weighted by atomic mass is 10.2. The standard InChI is InChI=1S/C8H3BrF7NO/c9-2-3-4(10)1-5(18-8(14,15)16)17-6(3)7(11,12)13/h1H,2H2. The quantitative estimate of drug-likeness (QED) is 0.598. The van der Waals surface area contributed by atoms with Gasteiger partial charge in [0.25, 0.3) is 0 Å². The minimum atomic E-state index is -5.25. The van der Waals surface area contributed by atoms with Crippen LogP contribution < -0.4 is 4.74 Å². The second kappa shape index (κ2) is 4.90. The van der Waals surface area contributed by atoms with Crippen molar-refractivity contribution in [2.75, 3.05) is 0 Å². The molecular formula is C8H3BrF7NO. The highest BCUT2D eigenvalue weighted by Crippen LogP contribution is 2.35. The molecule has 0 N–H and O–H groups in total. The van der Waals surface area contributed by atoms with E-state index in [2.05, 4.69) is 25.7 Å². The first-order chi connectivity index (χ1) is 8.04. The summed E-state index contributed by atoms with van der Waals surface area (Å²) in [4.78, 5) is 2.62. The summed E-state index contributed by atoms with van der Waals surface area (Å²) >= 11 is 2.59. The molecule has 0 saturated carbocycles. The lowest BCUT2D eigenvalue weighted by Crippen LogP contribution is -2.20. The van der Waals surface area contributed by atoms with Crippen molar-refractivity contribution in [2.24, 2.45) is 0 Å². The first-order valence-corrected chi connectivity index (χ1v) is 5.25. The Morgan fingerprint density at radius 1 is 1.17 bits per heavy atom. The normalized spacial score (nSPS) is 12.7. The summed E-state index contributed by atoms with van der Waals surface area (Å²) in [5.41, 5.74) is -2.66. The van der Waals surface area contributed by atoms with Crippen LogP contribution >= 0.6 is 15.9 Å². The van der Waals surface area contributed by atoms with Crippen molar-refractivity contribution < 1.29 is 35.5 Å². The third-order valence-corrected chi connectivity index (χ3v) is 2.23. The van der Waals surface area contributed by atoms with Crippen LogP contribution in [0.2, 0.25) is 0 Å². The highest BCUT2D eigenvalue weighted by molar-refractivity contribution is 9.08. The van der Waals surface area contributed by atoms with Gasteiger partial charge in [0.05, 0.1) is 0 Å². The van der Waals surface area contributed by atoms with Gasteiger partial charge >= 0.3 is 12.5 Å². The zero-order valence-corrected chi connectivity index (χ0v) is 9.75. The van der Waals surface area contributed by atoms with Crippen LogP contribution in [0, 0.1) is 5.82 Å². The third kappa shape index (κ3) is 3.72. The van der Waals surface area contributed by atoms with Crippen molar-refractivity contribution in [3.8, 4) is 5.88 Å². The van der Waals surface area contributed by atoms with E-state index < -0.39 is 40.8 Å². The van der Waals surface area contributed by atoms with Crippen molar-refractivity contribution in [1.29, 1.82) is 0 Å². The zero-order chi connectivity index (χ0) is 14.1. The van der Waals surface area contributed by atoms with Gasteiger partial charge in [-0.1, -0.05) is 15.9 Å². The summed E-state index contributed by atoms with van der Waals surface area (Å²) in [5, 5.41) is -0.549. The Morgan fingerprint density at radius 3 is 2.11 bits per heavy atom. The molecule has 0 aromatic carbocycles. The molecule has 0 aliphatic rings. The highest BCUT2D eigenvalue weighted by Gasteiger charge is 2.39. The fourth-order valence-corrected chi connectivity index (χ4v) is 1.58. The average molecular weight is 342 g/mol. The molecule has 0 aliphatic heterocycles. The molecule has 18 heavy (non-hydrogen) atoms. The summed E-state index contributed by atoms with van der Waals surface area (Å²) in [5.74, 6) is -2.99. The van der Waals surface area contributed by atoms with E-state index in [1.165, 1.54) is 0 Å². The molecule has 1 aromatic rings. The topological polar surface area (TPSA) is 22.1 Å². The zero-order valence-electron chi connectivity index (χ0n) is 8.16. The van der Waals surface area contributed by atoms with E-state index in [9.17, 15) is 30.7 Å². The molecule has 0 atom stereocenters. The molecule has 10 heteroatoms. The van der Waals surface area contributed by atoms with E-state index in [0.717, 1.165) is 0 Å². The predicted octanol–water partition coefficient (Wildman–Crippen LogP) is 4.03. The molecule has 0 amide bonds. The maximum absolute atomic E-state index is 13.2. The molecule has 0 fully saturated rings. The van der Waals surface area contributed by atoms with Crippen molar-refractivity contribution in [2.45, 2.75) is 17.9 Å². The summed E-state index contributed by atoms with van der Waals surface area (Å²) in [6, 6.07) is 0.138. The van der Waals surface area contributed by atoms with Crippen molar-refractivity contribution in [3.05, 3.63) is 23.1 Å². The Kier molecular flexibility index (Phi) is 4.08. The fraction of sp³-hybridized carbons (Fsp3) is 0.375. The van der Waals surface area contributed by atoms with Gasteiger partial charge in [-0.3, -0.25) is 0 Å². The molecule has 1 rings (SSSR count). The van der Waals surface area contributed by atoms with Gasteiger partial charge in [0, 0.05) is 17.0 Å². The molecule has 0 aliphatic carbocycles. The van der Waals surface area contributed by atoms with Gasteiger partial charge in [0.2, 0.25) is 5.88 Å². The largest absolute Gasteiger partial charge is 0.574 e. The second-order valence-corrected chi connectivity index (χ2v) is 3.51. The van der Waals surface area contributed by atoms with Gasteiger partial charge in [0.1, 0.15) is 5.82 Å². The number of alkyl halides is 7. The van der Waals surface area contributed by atoms with Crippen molar-refractivity contribution >= 4 is 15.9 Å². The average Bonchev–Trinajstić information content (AvgIpc) is 2.12. The minimum Gasteiger partial charge on any atom is -0.388 e. The number of rotatable bonds is 2. The van der Waals surface area contributed by atoms with E-state index in [4.69, 9.17) is 0 Å². The van der Waals surface area contributed by atoms with Gasteiger partial charge in [-0.2, -0.15) is 13.2 Å². The van der Waals surface area contributed by atoms with Crippen LogP contribution in [-0.2, 0) is 11.5 Å². The number of hydrogen-bond acceptors (Lipinski definition) is 2. The van der Waals surface area contributed by atoms with E-state index in [-0.39, 0.29) is 6.07 Å². The van der Waals surface area contributed by atoms with Gasteiger partial charge in [-0.05, 0) is 0 Å². The first-order valence-electron chi connectivity index (χ1n) is 4.13. The van der Waals surface area contributed by atoms with E-state index >= 15 is 0 Å². The number of ether oxygens (including phenoxy) is 1. The Labute approximate surface area is 104 Å². The van der Waals surface area contributed by atoms with Gasteiger partial charge in [-0.15, -0.1) is 13.2 Å². The van der Waals surface area contributed by atoms with Crippen molar-refractivity contribution in [1.82, 2.24) is 4.98 Å². The number of halogens is 8. The summed E-state index contributed by atoms with van der Waals surface area (Å²) in [6.07, 6.45) is -10.3. The predicted molar refractivity (Wildman–Crippen MR) is 48.5 cm³/mol. The molecular weight excluding hydrogens is 339 g/mol. The molecule has 102 valence electrons. The molecule has 0 spiro atoms. The smallest absolute Gasteiger partial charge is 0.388 e. The van der Waals surface area contributed by atoms with E-state index in [1.807, 2.05) is 0 Å². The Hall–Kier alpha value is -1.06. The summed E-state index contributed by atoms with van der Waals surface area (Å²) in [6.45, 7) is 0.